The third-order valence-electron chi connectivity index (χ3n) is 2.05. The Hall–Kier alpha value is -2.19. The molecular formula is C9H6F4N2O3. The lowest BCUT2D eigenvalue weighted by Gasteiger charge is -2.18. The maximum Gasteiger partial charge on any atom is 0.471 e. The van der Waals surface area contributed by atoms with E-state index >= 15 is 0 Å². The van der Waals surface area contributed by atoms with Crippen molar-refractivity contribution in [1.29, 1.82) is 0 Å². The summed E-state index contributed by atoms with van der Waals surface area (Å²) >= 11 is 0. The smallest absolute Gasteiger partial charge is 0.305 e. The van der Waals surface area contributed by atoms with E-state index in [1.54, 1.807) is 0 Å². The van der Waals surface area contributed by atoms with Gasteiger partial charge in [0.05, 0.1) is 10.6 Å². The minimum Gasteiger partial charge on any atom is -0.305 e. The van der Waals surface area contributed by atoms with Crippen molar-refractivity contribution in [2.45, 2.75) is 6.18 Å². The van der Waals surface area contributed by atoms with E-state index in [1.807, 2.05) is 0 Å². The van der Waals surface area contributed by atoms with Gasteiger partial charge in [0, 0.05) is 19.2 Å². The summed E-state index contributed by atoms with van der Waals surface area (Å²) in [7, 11) is 0.679. The molecule has 1 amide bonds. The van der Waals surface area contributed by atoms with Crippen LogP contribution in [0, 0.1) is 15.9 Å². The first-order valence-corrected chi connectivity index (χ1v) is 4.43. The standard InChI is InChI=1S/C9H6F4N2O3/c1-14(8(16)9(11,12)13)7-4-5(15(17)18)2-3-6(7)10/h2-4H,1H3. The van der Waals surface area contributed by atoms with E-state index in [4.69, 9.17) is 0 Å². The van der Waals surface area contributed by atoms with Crippen LogP contribution >= 0.6 is 0 Å². The van der Waals surface area contributed by atoms with Gasteiger partial charge < -0.3 is 4.90 Å². The van der Waals surface area contributed by atoms with Crippen molar-refractivity contribution in [3.8, 4) is 0 Å². The number of carbonyl (C=O) groups excluding carboxylic acids is 1. The molecule has 1 aromatic carbocycles. The van der Waals surface area contributed by atoms with Crippen molar-refractivity contribution in [3.05, 3.63) is 34.1 Å². The van der Waals surface area contributed by atoms with Gasteiger partial charge in [0.15, 0.2) is 0 Å². The molecule has 5 nitrogen and oxygen atoms in total. The highest BCUT2D eigenvalue weighted by molar-refractivity contribution is 5.97. The van der Waals surface area contributed by atoms with Crippen LogP contribution in [0.25, 0.3) is 0 Å². The average Bonchev–Trinajstić information content (AvgIpc) is 2.26. The zero-order valence-corrected chi connectivity index (χ0v) is 8.86. The Balaban J connectivity index is 3.20. The monoisotopic (exact) mass is 266 g/mol. The molecule has 0 fully saturated rings. The number of nitro benzene ring substituents is 1. The number of benzene rings is 1. The third-order valence-corrected chi connectivity index (χ3v) is 2.05. The Morgan fingerprint density at radius 3 is 2.39 bits per heavy atom. The number of rotatable bonds is 2. The maximum atomic E-state index is 13.2. The molecule has 0 spiro atoms. The van der Waals surface area contributed by atoms with Crippen LogP contribution in [-0.2, 0) is 4.79 Å². The Kier molecular flexibility index (Phi) is 3.54. The van der Waals surface area contributed by atoms with E-state index < -0.39 is 34.2 Å². The summed E-state index contributed by atoms with van der Waals surface area (Å²) in [6.45, 7) is 0. The van der Waals surface area contributed by atoms with Crippen LogP contribution in [0.15, 0.2) is 18.2 Å². The second-order valence-corrected chi connectivity index (χ2v) is 3.25. The minimum atomic E-state index is -5.19. The highest BCUT2D eigenvalue weighted by atomic mass is 19.4. The number of anilines is 1. The van der Waals surface area contributed by atoms with Gasteiger partial charge in [-0.1, -0.05) is 0 Å². The molecule has 0 aromatic heterocycles. The number of non-ortho nitro benzene ring substituents is 1. The van der Waals surface area contributed by atoms with E-state index in [1.165, 1.54) is 0 Å². The molecule has 1 rings (SSSR count). The molecule has 0 unspecified atom stereocenters. The molecule has 0 N–H and O–H groups in total. The first-order chi connectivity index (χ1) is 8.14. The van der Waals surface area contributed by atoms with Gasteiger partial charge in [-0.2, -0.15) is 13.2 Å². The number of nitro groups is 1. The van der Waals surface area contributed by atoms with Gasteiger partial charge in [-0.25, -0.2) is 4.39 Å². The maximum absolute atomic E-state index is 13.2. The summed E-state index contributed by atoms with van der Waals surface area (Å²) < 4.78 is 49.6. The first-order valence-electron chi connectivity index (χ1n) is 4.43. The van der Waals surface area contributed by atoms with Crippen LogP contribution in [0.1, 0.15) is 0 Å². The van der Waals surface area contributed by atoms with Gasteiger partial charge >= 0.3 is 12.1 Å². The molecule has 0 saturated carbocycles. The van der Waals surface area contributed by atoms with Crippen molar-refractivity contribution >= 4 is 17.3 Å². The van der Waals surface area contributed by atoms with Crippen LogP contribution in [-0.4, -0.2) is 24.1 Å². The molecule has 0 saturated heterocycles. The van der Waals surface area contributed by atoms with E-state index in [-0.39, 0.29) is 4.90 Å². The lowest BCUT2D eigenvalue weighted by molar-refractivity contribution is -0.384. The summed E-state index contributed by atoms with van der Waals surface area (Å²) in [5, 5.41) is 10.4. The summed E-state index contributed by atoms with van der Waals surface area (Å²) in [6, 6.07) is 1.96. The van der Waals surface area contributed by atoms with Gasteiger partial charge in [0.25, 0.3) is 5.69 Å². The largest absolute Gasteiger partial charge is 0.471 e. The fourth-order valence-electron chi connectivity index (χ4n) is 1.17. The number of carbonyl (C=O) groups is 1. The highest BCUT2D eigenvalue weighted by Gasteiger charge is 2.42. The SMILES string of the molecule is CN(C(=O)C(F)(F)F)c1cc([N+](=O)[O-])ccc1F. The van der Waals surface area contributed by atoms with Crippen LogP contribution in [0.3, 0.4) is 0 Å². The molecule has 0 atom stereocenters. The first kappa shape index (κ1) is 13.9. The predicted octanol–water partition coefficient (Wildman–Crippen LogP) is 2.26. The Labute approximate surface area is 97.8 Å². The summed E-state index contributed by atoms with van der Waals surface area (Å²) in [6.07, 6.45) is -5.19. The number of alkyl halides is 3. The van der Waals surface area contributed by atoms with Crippen LogP contribution in [0.5, 0.6) is 0 Å². The molecule has 9 heteroatoms. The van der Waals surface area contributed by atoms with Gasteiger partial charge in [-0.3, -0.25) is 14.9 Å². The second kappa shape index (κ2) is 4.59. The molecular weight excluding hydrogens is 260 g/mol. The Morgan fingerprint density at radius 1 is 1.39 bits per heavy atom. The lowest BCUT2D eigenvalue weighted by atomic mass is 10.2. The summed E-state index contributed by atoms with van der Waals surface area (Å²) in [4.78, 5) is 20.3. The zero-order valence-electron chi connectivity index (χ0n) is 8.86. The molecule has 0 aliphatic carbocycles. The molecule has 0 heterocycles. The number of hydrogen-bond donors (Lipinski definition) is 0. The van der Waals surface area contributed by atoms with Crippen molar-refractivity contribution in [2.75, 3.05) is 11.9 Å². The van der Waals surface area contributed by atoms with Crippen LogP contribution in [0.2, 0.25) is 0 Å². The molecule has 18 heavy (non-hydrogen) atoms. The van der Waals surface area contributed by atoms with Crippen molar-refractivity contribution in [2.24, 2.45) is 0 Å². The van der Waals surface area contributed by atoms with Gasteiger partial charge in [0.2, 0.25) is 0 Å². The van der Waals surface area contributed by atoms with E-state index in [9.17, 15) is 32.5 Å². The number of halogens is 4. The van der Waals surface area contributed by atoms with E-state index in [0.717, 1.165) is 6.07 Å². The third kappa shape index (κ3) is 2.73. The van der Waals surface area contributed by atoms with Crippen LogP contribution in [0.4, 0.5) is 28.9 Å². The fourth-order valence-corrected chi connectivity index (χ4v) is 1.17. The second-order valence-electron chi connectivity index (χ2n) is 3.25. The molecule has 98 valence electrons. The Morgan fingerprint density at radius 2 is 1.94 bits per heavy atom. The number of amides is 1. The highest BCUT2D eigenvalue weighted by Crippen LogP contribution is 2.27. The quantitative estimate of drug-likeness (QED) is 0.468. The molecule has 0 bridgehead atoms. The topological polar surface area (TPSA) is 63.5 Å². The summed E-state index contributed by atoms with van der Waals surface area (Å²) in [5.41, 5.74) is -1.43. The predicted molar refractivity (Wildman–Crippen MR) is 52.5 cm³/mol. The van der Waals surface area contributed by atoms with Gasteiger partial charge in [-0.15, -0.1) is 0 Å². The molecule has 0 aliphatic rings. The van der Waals surface area contributed by atoms with Crippen molar-refractivity contribution in [3.63, 3.8) is 0 Å². The Bertz CT molecular complexity index is 501. The average molecular weight is 266 g/mol. The molecule has 0 radical (unpaired) electrons. The molecule has 1 aromatic rings. The zero-order chi connectivity index (χ0) is 14.1. The summed E-state index contributed by atoms with van der Waals surface area (Å²) in [5.74, 6) is -3.48. The normalized spacial score (nSPS) is 11.2. The minimum absolute atomic E-state index is 0.0255. The van der Waals surface area contributed by atoms with E-state index in [2.05, 4.69) is 0 Å². The van der Waals surface area contributed by atoms with Gasteiger partial charge in [-0.05, 0) is 6.07 Å². The van der Waals surface area contributed by atoms with Crippen LogP contribution < -0.4 is 4.90 Å². The van der Waals surface area contributed by atoms with Crippen molar-refractivity contribution < 1.29 is 27.3 Å². The lowest BCUT2D eigenvalue weighted by Crippen LogP contribution is -2.38. The van der Waals surface area contributed by atoms with Gasteiger partial charge in [0.1, 0.15) is 5.82 Å². The van der Waals surface area contributed by atoms with E-state index in [0.29, 0.717) is 19.2 Å². The van der Waals surface area contributed by atoms with Crippen molar-refractivity contribution in [1.82, 2.24) is 0 Å². The fraction of sp³-hybridized carbons (Fsp3) is 0.222. The number of nitrogens with zero attached hydrogens (tertiary/aromatic N) is 2. The molecule has 0 aliphatic heterocycles. The number of hydrogen-bond acceptors (Lipinski definition) is 3.